The van der Waals surface area contributed by atoms with Gasteiger partial charge in [0, 0.05) is 12.2 Å². The second-order valence-electron chi connectivity index (χ2n) is 2.99. The molecule has 1 heterocycles. The minimum atomic E-state index is -4.16. The van der Waals surface area contributed by atoms with Crippen molar-refractivity contribution in [2.75, 3.05) is 6.54 Å². The maximum atomic E-state index is 11.8. The second-order valence-corrected chi connectivity index (χ2v) is 2.99. The van der Waals surface area contributed by atoms with Gasteiger partial charge in [-0.1, -0.05) is 6.07 Å². The molecular weight excluding hydrogens is 193 g/mol. The Morgan fingerprint density at radius 2 is 2.07 bits per heavy atom. The third-order valence-corrected chi connectivity index (χ3v) is 1.58. The van der Waals surface area contributed by atoms with Crippen molar-refractivity contribution in [2.24, 2.45) is 0 Å². The standard InChI is InChI=1S/C9H11F3N2/c1-7-3-2-4-8(14-7)5-13-6-9(10,11)12/h2-4,13H,5-6H2,1H3. The average Bonchev–Trinajstić information content (AvgIpc) is 2.01. The first-order valence-electron chi connectivity index (χ1n) is 4.17. The number of nitrogens with zero attached hydrogens (tertiary/aromatic N) is 1. The van der Waals surface area contributed by atoms with Gasteiger partial charge in [0.1, 0.15) is 0 Å². The Bertz CT molecular complexity index is 296. The number of hydrogen-bond donors (Lipinski definition) is 1. The van der Waals surface area contributed by atoms with Gasteiger partial charge < -0.3 is 5.32 Å². The number of aromatic nitrogens is 1. The van der Waals surface area contributed by atoms with Crippen LogP contribution in [0.1, 0.15) is 11.4 Å². The highest BCUT2D eigenvalue weighted by Crippen LogP contribution is 2.12. The van der Waals surface area contributed by atoms with E-state index in [0.717, 1.165) is 5.69 Å². The van der Waals surface area contributed by atoms with E-state index in [1.807, 2.05) is 0 Å². The predicted molar refractivity (Wildman–Crippen MR) is 46.7 cm³/mol. The van der Waals surface area contributed by atoms with Crippen LogP contribution >= 0.6 is 0 Å². The molecule has 0 radical (unpaired) electrons. The molecule has 0 aliphatic carbocycles. The molecule has 0 saturated carbocycles. The molecule has 0 atom stereocenters. The van der Waals surface area contributed by atoms with Gasteiger partial charge in [0.2, 0.25) is 0 Å². The van der Waals surface area contributed by atoms with Crippen LogP contribution in [-0.4, -0.2) is 17.7 Å². The lowest BCUT2D eigenvalue weighted by Crippen LogP contribution is -2.28. The molecule has 5 heteroatoms. The summed E-state index contributed by atoms with van der Waals surface area (Å²) in [7, 11) is 0. The number of alkyl halides is 3. The van der Waals surface area contributed by atoms with Crippen molar-refractivity contribution >= 4 is 0 Å². The summed E-state index contributed by atoms with van der Waals surface area (Å²) >= 11 is 0. The second kappa shape index (κ2) is 4.41. The molecule has 14 heavy (non-hydrogen) atoms. The fraction of sp³-hybridized carbons (Fsp3) is 0.444. The van der Waals surface area contributed by atoms with Gasteiger partial charge in [0.15, 0.2) is 0 Å². The third-order valence-electron chi connectivity index (χ3n) is 1.58. The first-order valence-corrected chi connectivity index (χ1v) is 4.17. The number of nitrogens with one attached hydrogen (secondary N) is 1. The van der Waals surface area contributed by atoms with Crippen LogP contribution in [0, 0.1) is 6.92 Å². The van der Waals surface area contributed by atoms with Crippen molar-refractivity contribution in [1.82, 2.24) is 10.3 Å². The summed E-state index contributed by atoms with van der Waals surface area (Å²) in [4.78, 5) is 4.06. The first kappa shape index (κ1) is 11.0. The van der Waals surface area contributed by atoms with Crippen molar-refractivity contribution in [1.29, 1.82) is 0 Å². The molecule has 0 bridgehead atoms. The van der Waals surface area contributed by atoms with Gasteiger partial charge >= 0.3 is 6.18 Å². The van der Waals surface area contributed by atoms with E-state index in [-0.39, 0.29) is 6.54 Å². The van der Waals surface area contributed by atoms with Crippen LogP contribution in [0.25, 0.3) is 0 Å². The highest BCUT2D eigenvalue weighted by molar-refractivity contribution is 5.09. The van der Waals surface area contributed by atoms with E-state index >= 15 is 0 Å². The van der Waals surface area contributed by atoms with Crippen LogP contribution < -0.4 is 5.32 Å². The zero-order chi connectivity index (χ0) is 10.6. The fourth-order valence-corrected chi connectivity index (χ4v) is 1.03. The molecule has 1 aromatic heterocycles. The topological polar surface area (TPSA) is 24.9 Å². The minimum Gasteiger partial charge on any atom is -0.303 e. The molecule has 78 valence electrons. The molecule has 0 fully saturated rings. The number of rotatable bonds is 3. The summed E-state index contributed by atoms with van der Waals surface area (Å²) in [5.74, 6) is 0. The van der Waals surface area contributed by atoms with E-state index in [0.29, 0.717) is 5.69 Å². The van der Waals surface area contributed by atoms with Gasteiger partial charge in [-0.25, -0.2) is 0 Å². The first-order chi connectivity index (χ1) is 6.47. The Morgan fingerprint density at radius 1 is 1.36 bits per heavy atom. The highest BCUT2D eigenvalue weighted by Gasteiger charge is 2.26. The monoisotopic (exact) mass is 204 g/mol. The van der Waals surface area contributed by atoms with E-state index in [9.17, 15) is 13.2 Å². The number of aryl methyl sites for hydroxylation is 1. The van der Waals surface area contributed by atoms with Crippen LogP contribution in [-0.2, 0) is 6.54 Å². The predicted octanol–water partition coefficient (Wildman–Crippen LogP) is 2.04. The average molecular weight is 204 g/mol. The van der Waals surface area contributed by atoms with Crippen LogP contribution in [0.5, 0.6) is 0 Å². The zero-order valence-corrected chi connectivity index (χ0v) is 7.73. The van der Waals surface area contributed by atoms with Gasteiger partial charge in [0.25, 0.3) is 0 Å². The summed E-state index contributed by atoms with van der Waals surface area (Å²) in [5, 5.41) is 2.28. The Kier molecular flexibility index (Phi) is 3.46. The van der Waals surface area contributed by atoms with Crippen molar-refractivity contribution in [2.45, 2.75) is 19.6 Å². The molecule has 1 rings (SSSR count). The molecule has 1 aromatic rings. The lowest BCUT2D eigenvalue weighted by Gasteiger charge is -2.07. The molecular formula is C9H11F3N2. The normalized spacial score (nSPS) is 11.7. The summed E-state index contributed by atoms with van der Waals surface area (Å²) in [6.45, 7) is 0.955. The van der Waals surface area contributed by atoms with Crippen LogP contribution in [0.4, 0.5) is 13.2 Å². The number of halogens is 3. The lowest BCUT2D eigenvalue weighted by atomic mass is 10.3. The molecule has 0 aliphatic heterocycles. The Hall–Kier alpha value is -1.10. The van der Waals surface area contributed by atoms with Crippen LogP contribution in [0.2, 0.25) is 0 Å². The van der Waals surface area contributed by atoms with Gasteiger partial charge in [-0.3, -0.25) is 4.98 Å². The molecule has 1 N–H and O–H groups in total. The smallest absolute Gasteiger partial charge is 0.303 e. The van der Waals surface area contributed by atoms with Crippen molar-refractivity contribution in [3.8, 4) is 0 Å². The number of hydrogen-bond acceptors (Lipinski definition) is 2. The molecule has 0 aliphatic rings. The van der Waals surface area contributed by atoms with E-state index < -0.39 is 12.7 Å². The maximum absolute atomic E-state index is 11.8. The maximum Gasteiger partial charge on any atom is 0.401 e. The molecule has 0 saturated heterocycles. The van der Waals surface area contributed by atoms with Crippen LogP contribution in [0.3, 0.4) is 0 Å². The highest BCUT2D eigenvalue weighted by atomic mass is 19.4. The van der Waals surface area contributed by atoms with E-state index in [1.165, 1.54) is 0 Å². The van der Waals surface area contributed by atoms with Gasteiger partial charge in [-0.2, -0.15) is 13.2 Å². The Morgan fingerprint density at radius 3 is 2.64 bits per heavy atom. The Balaban J connectivity index is 2.39. The lowest BCUT2D eigenvalue weighted by molar-refractivity contribution is -0.125. The van der Waals surface area contributed by atoms with Crippen LogP contribution in [0.15, 0.2) is 18.2 Å². The van der Waals surface area contributed by atoms with E-state index in [1.54, 1.807) is 25.1 Å². The fourth-order valence-electron chi connectivity index (χ4n) is 1.03. The van der Waals surface area contributed by atoms with Gasteiger partial charge in [-0.15, -0.1) is 0 Å². The molecule has 0 unspecified atom stereocenters. The van der Waals surface area contributed by atoms with Crippen molar-refractivity contribution in [3.05, 3.63) is 29.6 Å². The van der Waals surface area contributed by atoms with Gasteiger partial charge in [0.05, 0.1) is 12.2 Å². The summed E-state index contributed by atoms with van der Waals surface area (Å²) in [6, 6.07) is 5.26. The minimum absolute atomic E-state index is 0.140. The summed E-state index contributed by atoms with van der Waals surface area (Å²) < 4.78 is 35.3. The van der Waals surface area contributed by atoms with Crippen molar-refractivity contribution < 1.29 is 13.2 Å². The van der Waals surface area contributed by atoms with Gasteiger partial charge in [-0.05, 0) is 19.1 Å². The summed E-state index contributed by atoms with van der Waals surface area (Å²) in [5.41, 5.74) is 1.42. The summed E-state index contributed by atoms with van der Waals surface area (Å²) in [6.07, 6.45) is -4.16. The molecule has 0 spiro atoms. The van der Waals surface area contributed by atoms with E-state index in [2.05, 4.69) is 10.3 Å². The number of pyridine rings is 1. The molecule has 2 nitrogen and oxygen atoms in total. The van der Waals surface area contributed by atoms with E-state index in [4.69, 9.17) is 0 Å². The largest absolute Gasteiger partial charge is 0.401 e. The zero-order valence-electron chi connectivity index (χ0n) is 7.73. The Labute approximate surface area is 80.2 Å². The molecule has 0 aromatic carbocycles. The molecule has 0 amide bonds. The van der Waals surface area contributed by atoms with Crippen molar-refractivity contribution in [3.63, 3.8) is 0 Å². The third kappa shape index (κ3) is 4.23. The SMILES string of the molecule is Cc1cccc(CNCC(F)(F)F)n1. The quantitative estimate of drug-likeness (QED) is 0.815.